The van der Waals surface area contributed by atoms with Gasteiger partial charge in [0, 0.05) is 11.9 Å². The van der Waals surface area contributed by atoms with E-state index in [1.807, 2.05) is 30.3 Å². The number of esters is 1. The van der Waals surface area contributed by atoms with Gasteiger partial charge in [0.2, 0.25) is 0 Å². The summed E-state index contributed by atoms with van der Waals surface area (Å²) in [4.78, 5) is 12.1. The van der Waals surface area contributed by atoms with Crippen LogP contribution in [0.4, 0.5) is 11.4 Å². The molecule has 6 heteroatoms. The number of benzene rings is 2. The van der Waals surface area contributed by atoms with Gasteiger partial charge < -0.3 is 10.1 Å². The molecule has 2 aromatic carbocycles. The molecule has 2 aromatic rings. The normalized spacial score (nSPS) is 11.0. The van der Waals surface area contributed by atoms with Gasteiger partial charge in [-0.2, -0.15) is 0 Å². The predicted molar refractivity (Wildman–Crippen MR) is 85.2 cm³/mol. The van der Waals surface area contributed by atoms with E-state index in [9.17, 15) is 13.2 Å². The van der Waals surface area contributed by atoms with Crippen LogP contribution in [0.1, 0.15) is 17.3 Å². The van der Waals surface area contributed by atoms with Crippen molar-refractivity contribution < 1.29 is 17.9 Å². The van der Waals surface area contributed by atoms with E-state index in [1.165, 1.54) is 18.2 Å². The summed E-state index contributed by atoms with van der Waals surface area (Å²) in [5, 5.41) is 3.06. The molecule has 0 radical (unpaired) electrons. The summed E-state index contributed by atoms with van der Waals surface area (Å²) in [6, 6.07) is 13.5. The van der Waals surface area contributed by atoms with Gasteiger partial charge in [0.25, 0.3) is 0 Å². The van der Waals surface area contributed by atoms with Crippen LogP contribution < -0.4 is 5.32 Å². The number of ether oxygens (including phenoxy) is 1. The van der Waals surface area contributed by atoms with Crippen molar-refractivity contribution in [1.82, 2.24) is 0 Å². The molecule has 0 aliphatic heterocycles. The van der Waals surface area contributed by atoms with Gasteiger partial charge in [0.05, 0.1) is 22.8 Å². The van der Waals surface area contributed by atoms with Crippen molar-refractivity contribution in [1.29, 1.82) is 0 Å². The first kappa shape index (κ1) is 16.0. The zero-order chi connectivity index (χ0) is 16.2. The molecular formula is C16H17NO4S. The van der Waals surface area contributed by atoms with Crippen molar-refractivity contribution in [2.24, 2.45) is 0 Å². The molecule has 0 aromatic heterocycles. The zero-order valence-corrected chi connectivity index (χ0v) is 13.2. The third kappa shape index (κ3) is 3.85. The number of sulfone groups is 1. The monoisotopic (exact) mass is 319 g/mol. The second-order valence-electron chi connectivity index (χ2n) is 4.69. The predicted octanol–water partition coefficient (Wildman–Crippen LogP) is 3.01. The van der Waals surface area contributed by atoms with Crippen LogP contribution in [0.3, 0.4) is 0 Å². The van der Waals surface area contributed by atoms with Gasteiger partial charge in [-0.15, -0.1) is 0 Å². The maximum absolute atomic E-state index is 12.0. The Morgan fingerprint density at radius 1 is 1.14 bits per heavy atom. The SMILES string of the molecule is CCOC(=O)c1ccc(S(C)(=O)=O)cc1Nc1ccccc1. The number of carbonyl (C=O) groups is 1. The fraction of sp³-hybridized carbons (Fsp3) is 0.188. The summed E-state index contributed by atoms with van der Waals surface area (Å²) >= 11 is 0. The van der Waals surface area contributed by atoms with Crippen LogP contribution in [0.5, 0.6) is 0 Å². The maximum atomic E-state index is 12.0. The smallest absolute Gasteiger partial charge is 0.340 e. The fourth-order valence-electron chi connectivity index (χ4n) is 1.92. The molecule has 1 N–H and O–H groups in total. The zero-order valence-electron chi connectivity index (χ0n) is 12.4. The van der Waals surface area contributed by atoms with Gasteiger partial charge in [-0.05, 0) is 37.3 Å². The van der Waals surface area contributed by atoms with Crippen LogP contribution in [-0.2, 0) is 14.6 Å². The molecule has 2 rings (SSSR count). The topological polar surface area (TPSA) is 72.5 Å². The highest BCUT2D eigenvalue weighted by Crippen LogP contribution is 2.25. The average molecular weight is 319 g/mol. The standard InChI is InChI=1S/C16H17NO4S/c1-3-21-16(18)14-10-9-13(22(2,19)20)11-15(14)17-12-7-5-4-6-8-12/h4-11,17H,3H2,1-2H3. The fourth-order valence-corrected chi connectivity index (χ4v) is 2.57. The lowest BCUT2D eigenvalue weighted by Gasteiger charge is -2.13. The first-order valence-corrected chi connectivity index (χ1v) is 8.64. The molecule has 0 saturated carbocycles. The largest absolute Gasteiger partial charge is 0.462 e. The molecular weight excluding hydrogens is 302 g/mol. The summed E-state index contributed by atoms with van der Waals surface area (Å²) < 4.78 is 28.4. The summed E-state index contributed by atoms with van der Waals surface area (Å²) in [5.74, 6) is -0.499. The van der Waals surface area contributed by atoms with Gasteiger partial charge >= 0.3 is 5.97 Å². The lowest BCUT2D eigenvalue weighted by molar-refractivity contribution is 0.0527. The van der Waals surface area contributed by atoms with Crippen molar-refractivity contribution in [2.45, 2.75) is 11.8 Å². The van der Waals surface area contributed by atoms with Gasteiger partial charge in [0.15, 0.2) is 9.84 Å². The van der Waals surface area contributed by atoms with E-state index in [4.69, 9.17) is 4.74 Å². The van der Waals surface area contributed by atoms with Crippen LogP contribution in [0.15, 0.2) is 53.4 Å². The third-order valence-electron chi connectivity index (χ3n) is 2.97. The molecule has 116 valence electrons. The number of hydrogen-bond acceptors (Lipinski definition) is 5. The number of para-hydroxylation sites is 1. The Morgan fingerprint density at radius 3 is 2.41 bits per heavy atom. The molecule has 0 bridgehead atoms. The van der Waals surface area contributed by atoms with E-state index in [2.05, 4.69) is 5.32 Å². The Bertz CT molecular complexity index is 770. The van der Waals surface area contributed by atoms with E-state index in [1.54, 1.807) is 6.92 Å². The van der Waals surface area contributed by atoms with E-state index in [0.717, 1.165) is 11.9 Å². The Labute approximate surface area is 129 Å². The molecule has 0 amide bonds. The highest BCUT2D eigenvalue weighted by molar-refractivity contribution is 7.90. The lowest BCUT2D eigenvalue weighted by atomic mass is 10.1. The highest BCUT2D eigenvalue weighted by atomic mass is 32.2. The molecule has 0 aliphatic carbocycles. The molecule has 0 atom stereocenters. The molecule has 0 heterocycles. The molecule has 0 unspecified atom stereocenters. The average Bonchev–Trinajstić information content (AvgIpc) is 2.47. The summed E-state index contributed by atoms with van der Waals surface area (Å²) in [5.41, 5.74) is 1.43. The Hall–Kier alpha value is -2.34. The summed E-state index contributed by atoms with van der Waals surface area (Å²) in [6.45, 7) is 1.96. The third-order valence-corrected chi connectivity index (χ3v) is 4.08. The van der Waals surface area contributed by atoms with Crippen LogP contribution in [0.2, 0.25) is 0 Å². The number of anilines is 2. The van der Waals surface area contributed by atoms with Crippen LogP contribution in [0.25, 0.3) is 0 Å². The minimum absolute atomic E-state index is 0.138. The van der Waals surface area contributed by atoms with E-state index in [0.29, 0.717) is 5.69 Å². The van der Waals surface area contributed by atoms with Crippen LogP contribution in [-0.4, -0.2) is 27.2 Å². The first-order valence-electron chi connectivity index (χ1n) is 6.75. The number of rotatable bonds is 5. The van der Waals surface area contributed by atoms with E-state index < -0.39 is 15.8 Å². The Kier molecular flexibility index (Phi) is 4.82. The maximum Gasteiger partial charge on any atom is 0.340 e. The second kappa shape index (κ2) is 6.62. The number of nitrogens with one attached hydrogen (secondary N) is 1. The number of carbonyl (C=O) groups excluding carboxylic acids is 1. The van der Waals surface area contributed by atoms with Crippen molar-refractivity contribution >= 4 is 27.2 Å². The number of hydrogen-bond donors (Lipinski definition) is 1. The molecule has 22 heavy (non-hydrogen) atoms. The van der Waals surface area contributed by atoms with Crippen LogP contribution >= 0.6 is 0 Å². The molecule has 0 spiro atoms. The van der Waals surface area contributed by atoms with E-state index in [-0.39, 0.29) is 17.1 Å². The Morgan fingerprint density at radius 2 is 1.82 bits per heavy atom. The quantitative estimate of drug-likeness (QED) is 0.858. The minimum Gasteiger partial charge on any atom is -0.462 e. The van der Waals surface area contributed by atoms with E-state index >= 15 is 0 Å². The van der Waals surface area contributed by atoms with Crippen LogP contribution in [0, 0.1) is 0 Å². The molecule has 0 saturated heterocycles. The lowest BCUT2D eigenvalue weighted by Crippen LogP contribution is -2.09. The van der Waals surface area contributed by atoms with Crippen molar-refractivity contribution in [3.05, 3.63) is 54.1 Å². The molecule has 0 fully saturated rings. The molecule has 5 nitrogen and oxygen atoms in total. The van der Waals surface area contributed by atoms with Gasteiger partial charge in [-0.25, -0.2) is 13.2 Å². The second-order valence-corrected chi connectivity index (χ2v) is 6.71. The first-order chi connectivity index (χ1) is 10.4. The van der Waals surface area contributed by atoms with Gasteiger partial charge in [-0.1, -0.05) is 18.2 Å². The minimum atomic E-state index is -3.36. The summed E-state index contributed by atoms with van der Waals surface area (Å²) in [7, 11) is -3.36. The molecule has 0 aliphatic rings. The van der Waals surface area contributed by atoms with Crippen molar-refractivity contribution in [3.8, 4) is 0 Å². The summed E-state index contributed by atoms with van der Waals surface area (Å²) in [6.07, 6.45) is 1.12. The highest BCUT2D eigenvalue weighted by Gasteiger charge is 2.16. The van der Waals surface area contributed by atoms with Gasteiger partial charge in [-0.3, -0.25) is 0 Å². The Balaban J connectivity index is 2.48. The van der Waals surface area contributed by atoms with Crippen molar-refractivity contribution in [3.63, 3.8) is 0 Å². The van der Waals surface area contributed by atoms with Gasteiger partial charge in [0.1, 0.15) is 0 Å². The van der Waals surface area contributed by atoms with Crippen molar-refractivity contribution in [2.75, 3.05) is 18.2 Å².